The first-order chi connectivity index (χ1) is 16.8. The molecule has 200 valence electrons. The first kappa shape index (κ1) is 29.7. The molecule has 0 spiro atoms. The van der Waals surface area contributed by atoms with Gasteiger partial charge in [0.25, 0.3) is 0 Å². The van der Waals surface area contributed by atoms with Gasteiger partial charge < -0.3 is 35.0 Å². The van der Waals surface area contributed by atoms with Crippen molar-refractivity contribution < 1.29 is 39.8 Å². The molecule has 1 aliphatic heterocycles. The van der Waals surface area contributed by atoms with Crippen LogP contribution in [0.4, 0.5) is 0 Å². The lowest BCUT2D eigenvalue weighted by Crippen LogP contribution is -2.58. The van der Waals surface area contributed by atoms with Crippen molar-refractivity contribution in [2.45, 2.75) is 108 Å². The fourth-order valence-electron chi connectivity index (χ4n) is 4.19. The number of ether oxygens (including phenoxy) is 2. The number of carbonyl (C=O) groups is 1. The van der Waals surface area contributed by atoms with Gasteiger partial charge >= 0.3 is 5.97 Å². The first-order valence-electron chi connectivity index (χ1n) is 13.0. The molecule has 2 rings (SSSR count). The molecule has 0 radical (unpaired) electrons. The smallest absolute Gasteiger partial charge is 0.305 e. The average Bonchev–Trinajstić information content (AvgIpc) is 3.62. The third-order valence-electron chi connectivity index (χ3n) is 6.62. The van der Waals surface area contributed by atoms with E-state index in [2.05, 4.69) is 19.1 Å². The highest BCUT2D eigenvalue weighted by Gasteiger charge is 2.43. The van der Waals surface area contributed by atoms with Gasteiger partial charge in [0, 0.05) is 6.42 Å². The first-order valence-corrected chi connectivity index (χ1v) is 13.0. The lowest BCUT2D eigenvalue weighted by Gasteiger charge is -2.37. The molecule has 2 aliphatic rings. The van der Waals surface area contributed by atoms with E-state index in [-0.39, 0.29) is 19.1 Å². The van der Waals surface area contributed by atoms with E-state index in [1.54, 1.807) is 0 Å². The minimum Gasteiger partial charge on any atom is -0.463 e. The van der Waals surface area contributed by atoms with Crippen molar-refractivity contribution in [2.75, 3.05) is 6.61 Å². The van der Waals surface area contributed by atoms with Gasteiger partial charge in [-0.2, -0.15) is 0 Å². The summed E-state index contributed by atoms with van der Waals surface area (Å²) in [7, 11) is 0. The summed E-state index contributed by atoms with van der Waals surface area (Å²) in [6, 6.07) is 0. The highest BCUT2D eigenvalue weighted by molar-refractivity contribution is 5.69. The lowest BCUT2D eigenvalue weighted by atomic mass is 9.99. The van der Waals surface area contributed by atoms with Crippen LogP contribution in [0.25, 0.3) is 0 Å². The molecule has 8 heteroatoms. The molecule has 1 aliphatic carbocycles. The summed E-state index contributed by atoms with van der Waals surface area (Å²) in [5, 5.41) is 48.7. The minimum atomic E-state index is -1.65. The molecule has 8 atom stereocenters. The molecule has 35 heavy (non-hydrogen) atoms. The van der Waals surface area contributed by atoms with E-state index in [4.69, 9.17) is 9.47 Å². The van der Waals surface area contributed by atoms with Crippen LogP contribution in [0.3, 0.4) is 0 Å². The van der Waals surface area contributed by atoms with Crippen molar-refractivity contribution in [3.05, 3.63) is 36.5 Å². The lowest BCUT2D eigenvalue weighted by molar-refractivity contribution is -0.287. The monoisotopic (exact) mass is 496 g/mol. The van der Waals surface area contributed by atoms with E-state index in [0.717, 1.165) is 25.7 Å². The Labute approximate surface area is 209 Å². The van der Waals surface area contributed by atoms with Crippen LogP contribution in [0.15, 0.2) is 36.5 Å². The van der Waals surface area contributed by atoms with Crippen LogP contribution in [0, 0.1) is 11.8 Å². The standard InChI is InChI=1S/C27H44O8/c1-2-3-4-5-8-11-14-19-17-20(19)21(28)15-12-9-6-7-10-13-16-23(29)34-18-22-24(30)25(31)26(32)27(33)35-22/h6-8,11-12,15,19-22,24-28,30-33H,2-5,9-10,13-14,16-18H2,1H3/b7-6-,11-8-,15-12-/t19?,20?,21-,22?,24?,25?,26?,27?/m1/s1. The Balaban J connectivity index is 1.49. The Kier molecular flexibility index (Phi) is 13.8. The quantitative estimate of drug-likeness (QED) is 0.125. The van der Waals surface area contributed by atoms with Crippen LogP contribution in [-0.4, -0.2) is 74.9 Å². The van der Waals surface area contributed by atoms with E-state index in [1.165, 1.54) is 19.3 Å². The second kappa shape index (κ2) is 16.2. The van der Waals surface area contributed by atoms with E-state index < -0.39 is 36.7 Å². The molecule has 0 aromatic rings. The Hall–Kier alpha value is -1.55. The van der Waals surface area contributed by atoms with Gasteiger partial charge in [-0.15, -0.1) is 0 Å². The van der Waals surface area contributed by atoms with Crippen molar-refractivity contribution >= 4 is 5.97 Å². The number of aliphatic hydroxyl groups excluding tert-OH is 5. The summed E-state index contributed by atoms with van der Waals surface area (Å²) in [5.41, 5.74) is 0. The Morgan fingerprint density at radius 3 is 2.49 bits per heavy atom. The maximum atomic E-state index is 11.8. The van der Waals surface area contributed by atoms with Gasteiger partial charge in [-0.3, -0.25) is 4.79 Å². The Bertz CT molecular complexity index is 691. The summed E-state index contributed by atoms with van der Waals surface area (Å²) < 4.78 is 10.0. The third kappa shape index (κ3) is 10.9. The van der Waals surface area contributed by atoms with Gasteiger partial charge in [-0.1, -0.05) is 56.2 Å². The maximum absolute atomic E-state index is 11.8. The van der Waals surface area contributed by atoms with E-state index in [9.17, 15) is 30.3 Å². The van der Waals surface area contributed by atoms with Crippen LogP contribution >= 0.6 is 0 Å². The molecule has 8 nitrogen and oxygen atoms in total. The van der Waals surface area contributed by atoms with Gasteiger partial charge in [0.2, 0.25) is 0 Å². The number of rotatable bonds is 16. The van der Waals surface area contributed by atoms with Crippen LogP contribution < -0.4 is 0 Å². The van der Waals surface area contributed by atoms with Crippen molar-refractivity contribution in [1.29, 1.82) is 0 Å². The molecule has 1 saturated carbocycles. The number of unbranched alkanes of at least 4 members (excludes halogenated alkanes) is 4. The second-order valence-electron chi connectivity index (χ2n) is 9.60. The van der Waals surface area contributed by atoms with Crippen LogP contribution in [0.2, 0.25) is 0 Å². The molecule has 1 saturated heterocycles. The number of allylic oxidation sites excluding steroid dienone is 5. The van der Waals surface area contributed by atoms with Crippen LogP contribution in [0.5, 0.6) is 0 Å². The summed E-state index contributed by atoms with van der Waals surface area (Å²) in [5.74, 6) is 0.502. The molecule has 2 fully saturated rings. The zero-order valence-electron chi connectivity index (χ0n) is 20.8. The second-order valence-corrected chi connectivity index (χ2v) is 9.60. The number of hydrogen-bond acceptors (Lipinski definition) is 8. The Morgan fingerprint density at radius 1 is 0.971 bits per heavy atom. The summed E-state index contributed by atoms with van der Waals surface area (Å²) in [6.45, 7) is 1.89. The molecule has 0 amide bonds. The highest BCUT2D eigenvalue weighted by atomic mass is 16.6. The zero-order valence-corrected chi connectivity index (χ0v) is 20.8. The Morgan fingerprint density at radius 2 is 1.71 bits per heavy atom. The summed E-state index contributed by atoms with van der Waals surface area (Å²) in [4.78, 5) is 11.8. The van der Waals surface area contributed by atoms with Crippen molar-refractivity contribution in [3.8, 4) is 0 Å². The van der Waals surface area contributed by atoms with E-state index >= 15 is 0 Å². The van der Waals surface area contributed by atoms with Gasteiger partial charge in [0.1, 0.15) is 31.0 Å². The maximum Gasteiger partial charge on any atom is 0.305 e. The molecule has 0 aromatic carbocycles. The normalized spacial score (nSPS) is 32.0. The molecule has 1 heterocycles. The molecular weight excluding hydrogens is 452 g/mol. The van der Waals surface area contributed by atoms with E-state index in [0.29, 0.717) is 24.7 Å². The zero-order chi connectivity index (χ0) is 25.6. The van der Waals surface area contributed by atoms with Gasteiger partial charge in [0.05, 0.1) is 6.10 Å². The number of hydrogen-bond donors (Lipinski definition) is 5. The summed E-state index contributed by atoms with van der Waals surface area (Å²) in [6.07, 6.45) is 13.9. The molecule has 5 N–H and O–H groups in total. The fourth-order valence-corrected chi connectivity index (χ4v) is 4.19. The van der Waals surface area contributed by atoms with Crippen LogP contribution in [-0.2, 0) is 14.3 Å². The highest BCUT2D eigenvalue weighted by Crippen LogP contribution is 2.44. The predicted molar refractivity (Wildman–Crippen MR) is 132 cm³/mol. The van der Waals surface area contributed by atoms with Gasteiger partial charge in [0.15, 0.2) is 6.29 Å². The molecule has 0 aromatic heterocycles. The van der Waals surface area contributed by atoms with Gasteiger partial charge in [-0.05, 0) is 56.8 Å². The topological polar surface area (TPSA) is 137 Å². The van der Waals surface area contributed by atoms with Crippen molar-refractivity contribution in [3.63, 3.8) is 0 Å². The van der Waals surface area contributed by atoms with Crippen molar-refractivity contribution in [1.82, 2.24) is 0 Å². The summed E-state index contributed by atoms with van der Waals surface area (Å²) >= 11 is 0. The van der Waals surface area contributed by atoms with Gasteiger partial charge in [-0.25, -0.2) is 0 Å². The SMILES string of the molecule is CCCCC/C=C\CC1CC1[C@H](O)/C=C\C/C=C\CCCC(=O)OCC1OC(O)C(O)C(O)C1O. The van der Waals surface area contributed by atoms with E-state index in [1.807, 2.05) is 24.3 Å². The predicted octanol–water partition coefficient (Wildman–Crippen LogP) is 2.53. The largest absolute Gasteiger partial charge is 0.463 e. The fraction of sp³-hybridized carbons (Fsp3) is 0.741. The molecular formula is C27H44O8. The number of carbonyl (C=O) groups excluding carboxylic acids is 1. The minimum absolute atomic E-state index is 0.186. The van der Waals surface area contributed by atoms with Crippen molar-refractivity contribution in [2.24, 2.45) is 11.8 Å². The van der Waals surface area contributed by atoms with Crippen LogP contribution in [0.1, 0.15) is 71.1 Å². The molecule has 7 unspecified atom stereocenters. The number of aliphatic hydroxyl groups is 5. The molecule has 0 bridgehead atoms. The third-order valence-corrected chi connectivity index (χ3v) is 6.62. The number of esters is 1. The average molecular weight is 497 g/mol.